The van der Waals surface area contributed by atoms with E-state index >= 15 is 0 Å². The summed E-state index contributed by atoms with van der Waals surface area (Å²) in [7, 11) is 0. The molecule has 13 heavy (non-hydrogen) atoms. The molecule has 0 amide bonds. The SMILES string of the molecule is Cc1cc2c(o1)C[C@H](O)[C@@H](O)C2=O. The third-order valence-corrected chi connectivity index (χ3v) is 2.23. The number of hydrogen-bond donors (Lipinski definition) is 2. The standard InChI is InChI=1S/C9H10O4/c1-4-2-5-7(13-4)3-6(10)9(12)8(5)11/h2,6,9-10,12H,3H2,1H3/t6-,9+/m0/s1. The summed E-state index contributed by atoms with van der Waals surface area (Å²) in [6.07, 6.45) is -2.13. The van der Waals surface area contributed by atoms with Crippen LogP contribution >= 0.6 is 0 Å². The van der Waals surface area contributed by atoms with E-state index < -0.39 is 18.0 Å². The van der Waals surface area contributed by atoms with Crippen molar-refractivity contribution in [3.8, 4) is 0 Å². The van der Waals surface area contributed by atoms with E-state index in [1.165, 1.54) is 0 Å². The van der Waals surface area contributed by atoms with E-state index in [2.05, 4.69) is 0 Å². The van der Waals surface area contributed by atoms with Crippen LogP contribution in [-0.2, 0) is 6.42 Å². The summed E-state index contributed by atoms with van der Waals surface area (Å²) < 4.78 is 5.20. The highest BCUT2D eigenvalue weighted by Crippen LogP contribution is 2.24. The second-order valence-electron chi connectivity index (χ2n) is 3.27. The van der Waals surface area contributed by atoms with E-state index in [1.54, 1.807) is 13.0 Å². The number of hydrogen-bond acceptors (Lipinski definition) is 4. The Kier molecular flexibility index (Phi) is 1.75. The van der Waals surface area contributed by atoms with Crippen molar-refractivity contribution in [2.24, 2.45) is 0 Å². The van der Waals surface area contributed by atoms with E-state index in [1.807, 2.05) is 0 Å². The Hall–Kier alpha value is -1.13. The zero-order valence-corrected chi connectivity index (χ0v) is 7.15. The van der Waals surface area contributed by atoms with Crippen molar-refractivity contribution in [3.63, 3.8) is 0 Å². The fraction of sp³-hybridized carbons (Fsp3) is 0.444. The van der Waals surface area contributed by atoms with Crippen LogP contribution < -0.4 is 0 Å². The van der Waals surface area contributed by atoms with Crippen LogP contribution in [-0.4, -0.2) is 28.2 Å². The normalized spacial score (nSPS) is 27.5. The summed E-state index contributed by atoms with van der Waals surface area (Å²) in [5.41, 5.74) is 0.398. The number of furan rings is 1. The largest absolute Gasteiger partial charge is 0.465 e. The van der Waals surface area contributed by atoms with Gasteiger partial charge in [-0.15, -0.1) is 0 Å². The van der Waals surface area contributed by atoms with Crippen molar-refractivity contribution in [2.45, 2.75) is 25.6 Å². The van der Waals surface area contributed by atoms with Crippen LogP contribution in [0.5, 0.6) is 0 Å². The molecule has 70 valence electrons. The van der Waals surface area contributed by atoms with Crippen LogP contribution in [0.4, 0.5) is 0 Å². The Bertz CT molecular complexity index is 352. The molecule has 2 atom stereocenters. The molecular formula is C9H10O4. The number of ketones is 1. The molecule has 2 N–H and O–H groups in total. The highest BCUT2D eigenvalue weighted by Gasteiger charge is 2.35. The van der Waals surface area contributed by atoms with Gasteiger partial charge in [-0.3, -0.25) is 4.79 Å². The Balaban J connectivity index is 2.48. The number of aliphatic hydroxyl groups is 2. The first-order chi connectivity index (χ1) is 6.09. The molecule has 1 aliphatic carbocycles. The molecule has 0 aliphatic heterocycles. The Labute approximate surface area is 74.8 Å². The van der Waals surface area contributed by atoms with Gasteiger partial charge in [-0.2, -0.15) is 0 Å². The van der Waals surface area contributed by atoms with Crippen molar-refractivity contribution >= 4 is 5.78 Å². The summed E-state index contributed by atoms with van der Waals surface area (Å²) in [5, 5.41) is 18.5. The van der Waals surface area contributed by atoms with E-state index in [0.29, 0.717) is 17.1 Å². The monoisotopic (exact) mass is 182 g/mol. The van der Waals surface area contributed by atoms with Gasteiger partial charge in [0.1, 0.15) is 17.6 Å². The molecule has 0 saturated heterocycles. The number of carbonyl (C=O) groups is 1. The lowest BCUT2D eigenvalue weighted by Crippen LogP contribution is -2.39. The number of aliphatic hydroxyl groups excluding tert-OH is 2. The van der Waals surface area contributed by atoms with Crippen molar-refractivity contribution in [1.29, 1.82) is 0 Å². The Morgan fingerprint density at radius 2 is 2.23 bits per heavy atom. The summed E-state index contributed by atoms with van der Waals surface area (Å²) in [4.78, 5) is 11.4. The summed E-state index contributed by atoms with van der Waals surface area (Å²) in [6, 6.07) is 1.59. The van der Waals surface area contributed by atoms with Crippen LogP contribution in [0.25, 0.3) is 0 Å². The maximum absolute atomic E-state index is 11.4. The molecular weight excluding hydrogens is 172 g/mol. The van der Waals surface area contributed by atoms with Crippen LogP contribution in [0.1, 0.15) is 21.9 Å². The molecule has 0 spiro atoms. The van der Waals surface area contributed by atoms with Gasteiger partial charge in [-0.25, -0.2) is 0 Å². The summed E-state index contributed by atoms with van der Waals surface area (Å²) in [5.74, 6) is 0.644. The lowest BCUT2D eigenvalue weighted by atomic mass is 9.92. The van der Waals surface area contributed by atoms with Crippen LogP contribution in [0, 0.1) is 6.92 Å². The average Bonchev–Trinajstić information content (AvgIpc) is 2.42. The maximum Gasteiger partial charge on any atom is 0.197 e. The van der Waals surface area contributed by atoms with Gasteiger partial charge in [0.15, 0.2) is 5.78 Å². The first-order valence-electron chi connectivity index (χ1n) is 4.09. The first-order valence-corrected chi connectivity index (χ1v) is 4.09. The van der Waals surface area contributed by atoms with E-state index in [4.69, 9.17) is 4.42 Å². The molecule has 0 fully saturated rings. The van der Waals surface area contributed by atoms with Crippen molar-refractivity contribution in [3.05, 3.63) is 23.2 Å². The quantitative estimate of drug-likeness (QED) is 0.594. The highest BCUT2D eigenvalue weighted by molar-refractivity contribution is 6.01. The molecule has 0 saturated carbocycles. The van der Waals surface area contributed by atoms with Gasteiger partial charge in [0.25, 0.3) is 0 Å². The maximum atomic E-state index is 11.4. The van der Waals surface area contributed by atoms with Crippen molar-refractivity contribution in [1.82, 2.24) is 0 Å². The van der Waals surface area contributed by atoms with Gasteiger partial charge in [0.2, 0.25) is 0 Å². The fourth-order valence-corrected chi connectivity index (χ4v) is 1.56. The zero-order chi connectivity index (χ0) is 9.59. The van der Waals surface area contributed by atoms with Gasteiger partial charge >= 0.3 is 0 Å². The molecule has 1 aromatic rings. The number of fused-ring (bicyclic) bond motifs is 1. The van der Waals surface area contributed by atoms with Crippen LogP contribution in [0.3, 0.4) is 0 Å². The molecule has 0 radical (unpaired) electrons. The smallest absolute Gasteiger partial charge is 0.197 e. The third kappa shape index (κ3) is 1.18. The topological polar surface area (TPSA) is 70.7 Å². The molecule has 0 aromatic carbocycles. The third-order valence-electron chi connectivity index (χ3n) is 2.23. The fourth-order valence-electron chi connectivity index (χ4n) is 1.56. The minimum Gasteiger partial charge on any atom is -0.465 e. The van der Waals surface area contributed by atoms with Crippen LogP contribution in [0.15, 0.2) is 10.5 Å². The second kappa shape index (κ2) is 2.68. The van der Waals surface area contributed by atoms with Gasteiger partial charge in [0.05, 0.1) is 11.7 Å². The second-order valence-corrected chi connectivity index (χ2v) is 3.27. The van der Waals surface area contributed by atoms with E-state index in [0.717, 1.165) is 0 Å². The minimum atomic E-state index is -1.30. The van der Waals surface area contributed by atoms with E-state index in [9.17, 15) is 15.0 Å². The van der Waals surface area contributed by atoms with Gasteiger partial charge in [-0.1, -0.05) is 0 Å². The number of aryl methyl sites for hydroxylation is 1. The molecule has 2 rings (SSSR count). The lowest BCUT2D eigenvalue weighted by Gasteiger charge is -2.20. The van der Waals surface area contributed by atoms with Gasteiger partial charge < -0.3 is 14.6 Å². The zero-order valence-electron chi connectivity index (χ0n) is 7.15. The first kappa shape index (κ1) is 8.47. The predicted molar refractivity (Wildman–Crippen MR) is 43.5 cm³/mol. The van der Waals surface area contributed by atoms with E-state index in [-0.39, 0.29) is 6.42 Å². The molecule has 1 aliphatic rings. The molecule has 4 nitrogen and oxygen atoms in total. The lowest BCUT2D eigenvalue weighted by molar-refractivity contribution is 0.0145. The number of carbonyl (C=O) groups excluding carboxylic acids is 1. The van der Waals surface area contributed by atoms with Crippen molar-refractivity contribution in [2.75, 3.05) is 0 Å². The van der Waals surface area contributed by atoms with Gasteiger partial charge in [-0.05, 0) is 13.0 Å². The number of Topliss-reactive ketones (excluding diaryl/α,β-unsaturated/α-hetero) is 1. The molecule has 0 bridgehead atoms. The minimum absolute atomic E-state index is 0.204. The average molecular weight is 182 g/mol. The van der Waals surface area contributed by atoms with Crippen molar-refractivity contribution < 1.29 is 19.4 Å². The Morgan fingerprint density at radius 3 is 2.92 bits per heavy atom. The highest BCUT2D eigenvalue weighted by atomic mass is 16.4. The number of rotatable bonds is 0. The Morgan fingerprint density at radius 1 is 1.54 bits per heavy atom. The van der Waals surface area contributed by atoms with Gasteiger partial charge in [0, 0.05) is 6.42 Å². The molecule has 4 heteroatoms. The molecule has 1 heterocycles. The summed E-state index contributed by atoms with van der Waals surface area (Å²) >= 11 is 0. The molecule has 0 unspecified atom stereocenters. The van der Waals surface area contributed by atoms with Crippen LogP contribution in [0.2, 0.25) is 0 Å². The molecule has 1 aromatic heterocycles. The predicted octanol–water partition coefficient (Wildman–Crippen LogP) is 0.0486. The summed E-state index contributed by atoms with van der Waals surface area (Å²) in [6.45, 7) is 1.73.